The third-order valence-electron chi connectivity index (χ3n) is 2.86. The summed E-state index contributed by atoms with van der Waals surface area (Å²) in [6.45, 7) is 6.48. The van der Waals surface area contributed by atoms with E-state index in [2.05, 4.69) is 54.2 Å². The van der Waals surface area contributed by atoms with Crippen LogP contribution in [0, 0.1) is 24.5 Å². The zero-order valence-corrected chi connectivity index (χ0v) is 12.3. The van der Waals surface area contributed by atoms with Crippen LogP contribution in [0.15, 0.2) is 16.6 Å². The monoisotopic (exact) mass is 297 g/mol. The van der Waals surface area contributed by atoms with Crippen LogP contribution in [0.4, 0.5) is 0 Å². The Morgan fingerprint density at radius 3 is 2.62 bits per heavy atom. The minimum atomic E-state index is 0.495. The molecule has 1 atom stereocenters. The maximum Gasteiger partial charge on any atom is 0.133 e. The average Bonchev–Trinajstić information content (AvgIpc) is 2.23. The smallest absolute Gasteiger partial charge is 0.133 e. The third kappa shape index (κ3) is 3.54. The van der Waals surface area contributed by atoms with Crippen molar-refractivity contribution < 1.29 is 0 Å². The lowest BCUT2D eigenvalue weighted by molar-refractivity contribution is 0.736. The summed E-state index contributed by atoms with van der Waals surface area (Å²) in [7, 11) is 0. The van der Waals surface area contributed by atoms with Gasteiger partial charge in [0.1, 0.15) is 5.40 Å². The number of thioether (sulfide) groups is 1. The fraction of sp³-hybridized carbons (Fsp3) is 0.462. The maximum atomic E-state index is 8.49. The van der Waals surface area contributed by atoms with Gasteiger partial charge >= 0.3 is 0 Å². The van der Waals surface area contributed by atoms with Gasteiger partial charge in [0.25, 0.3) is 0 Å². The predicted octanol–water partition coefficient (Wildman–Crippen LogP) is 4.77. The van der Waals surface area contributed by atoms with Crippen LogP contribution in [-0.2, 0) is 0 Å². The van der Waals surface area contributed by atoms with Crippen LogP contribution in [0.3, 0.4) is 0 Å². The van der Waals surface area contributed by atoms with Gasteiger partial charge in [-0.05, 0) is 60.7 Å². The van der Waals surface area contributed by atoms with E-state index < -0.39 is 0 Å². The summed E-state index contributed by atoms with van der Waals surface area (Å²) in [6, 6.07) is 4.43. The summed E-state index contributed by atoms with van der Waals surface area (Å²) in [5, 5.41) is 10.6. The Balaban J connectivity index is 2.79. The van der Waals surface area contributed by atoms with Crippen molar-refractivity contribution in [1.29, 1.82) is 5.26 Å². The van der Waals surface area contributed by atoms with E-state index in [1.165, 1.54) is 32.9 Å². The number of benzene rings is 1. The number of hydrogen-bond acceptors (Lipinski definition) is 2. The first-order chi connectivity index (χ1) is 7.56. The van der Waals surface area contributed by atoms with E-state index in [0.29, 0.717) is 5.92 Å². The molecule has 1 nitrogen and oxygen atoms in total. The molecule has 1 unspecified atom stereocenters. The molecule has 1 aromatic carbocycles. The number of aryl methyl sites for hydroxylation is 2. The van der Waals surface area contributed by atoms with E-state index in [-0.39, 0.29) is 0 Å². The molecule has 0 aliphatic rings. The number of nitrogens with zero attached hydrogens (tertiary/aromatic N) is 1. The SMILES string of the molecule is Cc1cc(Br)c(C(C)CCSC#N)cc1C. The van der Waals surface area contributed by atoms with Crippen LogP contribution in [0.2, 0.25) is 0 Å². The molecule has 0 aliphatic carbocycles. The molecule has 16 heavy (non-hydrogen) atoms. The Kier molecular flexibility index (Phi) is 5.37. The fourth-order valence-corrected chi connectivity index (χ4v) is 3.03. The highest BCUT2D eigenvalue weighted by molar-refractivity contribution is 9.10. The molecule has 0 aromatic heterocycles. The molecular weight excluding hydrogens is 282 g/mol. The largest absolute Gasteiger partial charge is 0.185 e. The van der Waals surface area contributed by atoms with Crippen LogP contribution in [0.1, 0.15) is 36.0 Å². The lowest BCUT2D eigenvalue weighted by atomic mass is 9.95. The Labute approximate surface area is 110 Å². The van der Waals surface area contributed by atoms with E-state index in [1.807, 2.05) is 0 Å². The molecule has 3 heteroatoms. The van der Waals surface area contributed by atoms with Gasteiger partial charge in [-0.25, -0.2) is 0 Å². The summed E-state index contributed by atoms with van der Waals surface area (Å²) < 4.78 is 1.19. The van der Waals surface area contributed by atoms with Crippen LogP contribution in [0.25, 0.3) is 0 Å². The number of rotatable bonds is 4. The van der Waals surface area contributed by atoms with E-state index >= 15 is 0 Å². The average molecular weight is 298 g/mol. The first kappa shape index (κ1) is 13.6. The summed E-state index contributed by atoms with van der Waals surface area (Å²) in [6.07, 6.45) is 1.04. The molecule has 0 amide bonds. The van der Waals surface area contributed by atoms with E-state index in [0.717, 1.165) is 12.2 Å². The zero-order chi connectivity index (χ0) is 12.1. The molecule has 0 aliphatic heterocycles. The van der Waals surface area contributed by atoms with Crippen LogP contribution in [-0.4, -0.2) is 5.75 Å². The second-order valence-electron chi connectivity index (χ2n) is 4.09. The number of halogens is 1. The molecule has 0 heterocycles. The number of thiocyanates is 1. The van der Waals surface area contributed by atoms with Gasteiger partial charge in [-0.1, -0.05) is 28.9 Å². The normalized spacial score (nSPS) is 12.2. The molecule has 0 fully saturated rings. The predicted molar refractivity (Wildman–Crippen MR) is 74.7 cm³/mol. The number of nitriles is 1. The Morgan fingerprint density at radius 1 is 1.38 bits per heavy atom. The molecule has 1 aromatic rings. The van der Waals surface area contributed by atoms with Gasteiger partial charge in [-0.15, -0.1) is 0 Å². The maximum absolute atomic E-state index is 8.49. The van der Waals surface area contributed by atoms with Gasteiger partial charge in [0.15, 0.2) is 0 Å². The molecule has 0 bridgehead atoms. The molecule has 0 saturated heterocycles. The molecule has 86 valence electrons. The van der Waals surface area contributed by atoms with Gasteiger partial charge < -0.3 is 0 Å². The van der Waals surface area contributed by atoms with Crippen LogP contribution < -0.4 is 0 Å². The highest BCUT2D eigenvalue weighted by Gasteiger charge is 2.10. The van der Waals surface area contributed by atoms with Gasteiger partial charge in [0.05, 0.1) is 0 Å². The minimum absolute atomic E-state index is 0.495. The van der Waals surface area contributed by atoms with Crippen molar-refractivity contribution >= 4 is 27.7 Å². The van der Waals surface area contributed by atoms with Crippen molar-refractivity contribution in [2.75, 3.05) is 5.75 Å². The molecule has 0 spiro atoms. The summed E-state index contributed by atoms with van der Waals surface area (Å²) >= 11 is 4.95. The zero-order valence-electron chi connectivity index (χ0n) is 9.88. The van der Waals surface area contributed by atoms with Gasteiger partial charge in [-0.3, -0.25) is 0 Å². The summed E-state index contributed by atoms with van der Waals surface area (Å²) in [4.78, 5) is 0. The van der Waals surface area contributed by atoms with Crippen molar-refractivity contribution in [3.05, 3.63) is 33.3 Å². The molecule has 0 N–H and O–H groups in total. The quantitative estimate of drug-likeness (QED) is 0.590. The van der Waals surface area contributed by atoms with Crippen LogP contribution in [0.5, 0.6) is 0 Å². The Bertz CT molecular complexity index is 409. The minimum Gasteiger partial charge on any atom is -0.185 e. The lowest BCUT2D eigenvalue weighted by Crippen LogP contribution is -1.98. The van der Waals surface area contributed by atoms with Crippen molar-refractivity contribution in [3.8, 4) is 5.40 Å². The summed E-state index contributed by atoms with van der Waals surface area (Å²) in [5.41, 5.74) is 3.99. The highest BCUT2D eigenvalue weighted by atomic mass is 79.9. The van der Waals surface area contributed by atoms with Gasteiger partial charge in [0.2, 0.25) is 0 Å². The third-order valence-corrected chi connectivity index (χ3v) is 4.12. The van der Waals surface area contributed by atoms with Gasteiger partial charge in [-0.2, -0.15) is 5.26 Å². The van der Waals surface area contributed by atoms with E-state index in [1.54, 1.807) is 0 Å². The molecule has 0 radical (unpaired) electrons. The second-order valence-corrected chi connectivity index (χ2v) is 5.82. The lowest BCUT2D eigenvalue weighted by Gasteiger charge is -2.15. The first-order valence-corrected chi connectivity index (χ1v) is 7.11. The summed E-state index contributed by atoms with van der Waals surface area (Å²) in [5.74, 6) is 1.39. The van der Waals surface area contributed by atoms with Crippen molar-refractivity contribution in [2.24, 2.45) is 0 Å². The fourth-order valence-electron chi connectivity index (χ4n) is 1.62. The Morgan fingerprint density at radius 2 is 2.00 bits per heavy atom. The molecule has 0 saturated carbocycles. The van der Waals surface area contributed by atoms with E-state index in [4.69, 9.17) is 5.26 Å². The van der Waals surface area contributed by atoms with Crippen molar-refractivity contribution in [2.45, 2.75) is 33.1 Å². The molecule has 1 rings (SSSR count). The van der Waals surface area contributed by atoms with Crippen LogP contribution >= 0.6 is 27.7 Å². The van der Waals surface area contributed by atoms with Crippen molar-refractivity contribution in [1.82, 2.24) is 0 Å². The standard InChI is InChI=1S/C13H16BrNS/c1-9(4-5-16-8-15)12-6-10(2)11(3)7-13(12)14/h6-7,9H,4-5H2,1-3H3. The highest BCUT2D eigenvalue weighted by Crippen LogP contribution is 2.30. The van der Waals surface area contributed by atoms with E-state index in [9.17, 15) is 0 Å². The van der Waals surface area contributed by atoms with Crippen molar-refractivity contribution in [3.63, 3.8) is 0 Å². The molecular formula is C13H16BrNS. The second kappa shape index (κ2) is 6.32. The van der Waals surface area contributed by atoms with Gasteiger partial charge in [0, 0.05) is 10.2 Å². The topological polar surface area (TPSA) is 23.8 Å². The number of hydrogen-bond donors (Lipinski definition) is 0. The Hall–Kier alpha value is -0.460. The first-order valence-electron chi connectivity index (χ1n) is 5.33.